The Kier molecular flexibility index (Phi) is 6.99. The maximum absolute atomic E-state index is 4.21. The van der Waals surface area contributed by atoms with Crippen molar-refractivity contribution < 1.29 is 0 Å². The van der Waals surface area contributed by atoms with Crippen LogP contribution in [0.15, 0.2) is 30.5 Å². The zero-order valence-corrected chi connectivity index (χ0v) is 12.8. The van der Waals surface area contributed by atoms with E-state index in [0.717, 1.165) is 42.1 Å². The molecule has 110 valence electrons. The van der Waals surface area contributed by atoms with Crippen molar-refractivity contribution in [2.75, 3.05) is 25.0 Å². The standard InChI is InChI=1S/C14H18N4.2ClH/c1-2-4-13-12(3-1)10-17-18-14(13)16-9-11-5-7-15-8-6-11;;/h1-4,10-11,15H,5-9H2,(H,16,18);2*1H. The summed E-state index contributed by atoms with van der Waals surface area (Å²) in [7, 11) is 0. The van der Waals surface area contributed by atoms with E-state index in [1.165, 1.54) is 12.8 Å². The number of anilines is 1. The lowest BCUT2D eigenvalue weighted by Gasteiger charge is -2.23. The summed E-state index contributed by atoms with van der Waals surface area (Å²) in [4.78, 5) is 0. The predicted molar refractivity (Wildman–Crippen MR) is 88.1 cm³/mol. The van der Waals surface area contributed by atoms with E-state index in [-0.39, 0.29) is 24.8 Å². The maximum atomic E-state index is 4.21. The van der Waals surface area contributed by atoms with Crippen LogP contribution in [-0.4, -0.2) is 29.8 Å². The van der Waals surface area contributed by atoms with Crippen LogP contribution in [0, 0.1) is 5.92 Å². The van der Waals surface area contributed by atoms with E-state index in [1.54, 1.807) is 0 Å². The van der Waals surface area contributed by atoms with E-state index in [1.807, 2.05) is 18.3 Å². The molecule has 0 atom stereocenters. The molecule has 1 aliphatic rings. The van der Waals surface area contributed by atoms with Gasteiger partial charge in [0, 0.05) is 17.3 Å². The summed E-state index contributed by atoms with van der Waals surface area (Å²) in [6, 6.07) is 8.23. The van der Waals surface area contributed by atoms with E-state index in [2.05, 4.69) is 33.0 Å². The van der Waals surface area contributed by atoms with Crippen molar-refractivity contribution in [3.63, 3.8) is 0 Å². The number of aromatic nitrogens is 2. The molecule has 1 saturated heterocycles. The van der Waals surface area contributed by atoms with Gasteiger partial charge in [-0.15, -0.1) is 29.9 Å². The normalized spacial score (nSPS) is 15.2. The van der Waals surface area contributed by atoms with Gasteiger partial charge in [0.2, 0.25) is 0 Å². The van der Waals surface area contributed by atoms with Crippen molar-refractivity contribution in [3.8, 4) is 0 Å². The average Bonchev–Trinajstić information content (AvgIpc) is 2.46. The van der Waals surface area contributed by atoms with Gasteiger partial charge in [0.1, 0.15) is 0 Å². The average molecular weight is 315 g/mol. The van der Waals surface area contributed by atoms with Crippen molar-refractivity contribution in [2.45, 2.75) is 12.8 Å². The highest BCUT2D eigenvalue weighted by Gasteiger charge is 2.13. The molecule has 4 nitrogen and oxygen atoms in total. The zero-order chi connectivity index (χ0) is 12.2. The molecule has 2 N–H and O–H groups in total. The van der Waals surface area contributed by atoms with Crippen LogP contribution in [0.5, 0.6) is 0 Å². The van der Waals surface area contributed by atoms with E-state index in [0.29, 0.717) is 0 Å². The van der Waals surface area contributed by atoms with Gasteiger partial charge in [0.05, 0.1) is 6.20 Å². The second-order valence-electron chi connectivity index (χ2n) is 4.85. The van der Waals surface area contributed by atoms with Gasteiger partial charge in [-0.3, -0.25) is 0 Å². The molecule has 0 unspecified atom stereocenters. The molecule has 0 saturated carbocycles. The molecule has 0 amide bonds. The lowest BCUT2D eigenvalue weighted by atomic mass is 9.98. The van der Waals surface area contributed by atoms with Crippen molar-refractivity contribution in [1.82, 2.24) is 15.5 Å². The second-order valence-corrected chi connectivity index (χ2v) is 4.85. The molecule has 20 heavy (non-hydrogen) atoms. The molecule has 1 fully saturated rings. The van der Waals surface area contributed by atoms with E-state index < -0.39 is 0 Å². The van der Waals surface area contributed by atoms with Crippen molar-refractivity contribution in [1.29, 1.82) is 0 Å². The van der Waals surface area contributed by atoms with Gasteiger partial charge < -0.3 is 10.6 Å². The topological polar surface area (TPSA) is 49.8 Å². The number of nitrogens with zero attached hydrogens (tertiary/aromatic N) is 2. The Morgan fingerprint density at radius 3 is 2.70 bits per heavy atom. The van der Waals surface area contributed by atoms with Crippen molar-refractivity contribution in [3.05, 3.63) is 30.5 Å². The third kappa shape index (κ3) is 3.95. The molecule has 2 aromatic rings. The highest BCUT2D eigenvalue weighted by Crippen LogP contribution is 2.20. The van der Waals surface area contributed by atoms with Crippen molar-refractivity contribution in [2.24, 2.45) is 5.92 Å². The highest BCUT2D eigenvalue weighted by molar-refractivity contribution is 5.90. The minimum absolute atomic E-state index is 0. The third-order valence-corrected chi connectivity index (χ3v) is 3.59. The first-order chi connectivity index (χ1) is 8.93. The summed E-state index contributed by atoms with van der Waals surface area (Å²) in [6.07, 6.45) is 4.29. The summed E-state index contributed by atoms with van der Waals surface area (Å²) in [6.45, 7) is 3.26. The Morgan fingerprint density at radius 1 is 1.15 bits per heavy atom. The van der Waals surface area contributed by atoms with E-state index in [4.69, 9.17) is 0 Å². The monoisotopic (exact) mass is 314 g/mol. The minimum Gasteiger partial charge on any atom is -0.368 e. The smallest absolute Gasteiger partial charge is 0.156 e. The predicted octanol–water partition coefficient (Wildman–Crippen LogP) is 2.88. The molecule has 6 heteroatoms. The molecule has 1 aliphatic heterocycles. The van der Waals surface area contributed by atoms with Crippen molar-refractivity contribution >= 4 is 41.4 Å². The number of hydrogen-bond donors (Lipinski definition) is 2. The first-order valence-corrected chi connectivity index (χ1v) is 6.58. The highest BCUT2D eigenvalue weighted by atomic mass is 35.5. The molecular weight excluding hydrogens is 295 g/mol. The first-order valence-electron chi connectivity index (χ1n) is 6.58. The fourth-order valence-corrected chi connectivity index (χ4v) is 2.49. The molecule has 0 radical (unpaired) electrons. The van der Waals surface area contributed by atoms with Gasteiger partial charge >= 0.3 is 0 Å². The zero-order valence-electron chi connectivity index (χ0n) is 11.2. The fourth-order valence-electron chi connectivity index (χ4n) is 2.49. The third-order valence-electron chi connectivity index (χ3n) is 3.59. The van der Waals surface area contributed by atoms with Gasteiger partial charge in [0.25, 0.3) is 0 Å². The number of rotatable bonds is 3. The molecule has 1 aromatic heterocycles. The summed E-state index contributed by atoms with van der Waals surface area (Å²) in [5.41, 5.74) is 0. The Morgan fingerprint density at radius 2 is 1.90 bits per heavy atom. The Bertz CT molecular complexity index is 524. The number of hydrogen-bond acceptors (Lipinski definition) is 4. The number of fused-ring (bicyclic) bond motifs is 1. The largest absolute Gasteiger partial charge is 0.368 e. The van der Waals surface area contributed by atoms with Crippen LogP contribution in [0.4, 0.5) is 5.82 Å². The molecule has 0 bridgehead atoms. The number of nitrogens with one attached hydrogen (secondary N) is 2. The van der Waals surface area contributed by atoms with Gasteiger partial charge in [-0.1, -0.05) is 24.3 Å². The van der Waals surface area contributed by atoms with Crippen LogP contribution >= 0.6 is 24.8 Å². The molecular formula is C14H20Cl2N4. The van der Waals surface area contributed by atoms with E-state index in [9.17, 15) is 0 Å². The Labute approximate surface area is 131 Å². The Hall–Kier alpha value is -1.10. The summed E-state index contributed by atoms with van der Waals surface area (Å²) in [5, 5.41) is 17.4. The molecule has 3 rings (SSSR count). The number of piperidine rings is 1. The fraction of sp³-hybridized carbons (Fsp3) is 0.429. The quantitative estimate of drug-likeness (QED) is 0.914. The molecule has 2 heterocycles. The summed E-state index contributed by atoms with van der Waals surface area (Å²) < 4.78 is 0. The number of halogens is 2. The van der Waals surface area contributed by atoms with Crippen LogP contribution in [0.3, 0.4) is 0 Å². The van der Waals surface area contributed by atoms with Crippen LogP contribution in [-0.2, 0) is 0 Å². The van der Waals surface area contributed by atoms with Crippen LogP contribution in [0.25, 0.3) is 10.8 Å². The first kappa shape index (κ1) is 17.0. The number of benzene rings is 1. The Balaban J connectivity index is 0.000001000. The SMILES string of the molecule is Cl.Cl.c1ccc2c(NCC3CCNCC3)nncc2c1. The molecule has 0 spiro atoms. The second kappa shape index (κ2) is 8.25. The van der Waals surface area contributed by atoms with Gasteiger partial charge in [0.15, 0.2) is 5.82 Å². The maximum Gasteiger partial charge on any atom is 0.156 e. The lowest BCUT2D eigenvalue weighted by Crippen LogP contribution is -2.31. The van der Waals surface area contributed by atoms with Gasteiger partial charge in [-0.25, -0.2) is 0 Å². The van der Waals surface area contributed by atoms with E-state index >= 15 is 0 Å². The van der Waals surface area contributed by atoms with Crippen LogP contribution in [0.2, 0.25) is 0 Å². The lowest BCUT2D eigenvalue weighted by molar-refractivity contribution is 0.389. The van der Waals surface area contributed by atoms with Gasteiger partial charge in [-0.2, -0.15) is 5.10 Å². The molecule has 1 aromatic carbocycles. The molecule has 0 aliphatic carbocycles. The summed E-state index contributed by atoms with van der Waals surface area (Å²) in [5.74, 6) is 1.65. The van der Waals surface area contributed by atoms with Crippen LogP contribution < -0.4 is 10.6 Å². The van der Waals surface area contributed by atoms with Gasteiger partial charge in [-0.05, 0) is 31.8 Å². The van der Waals surface area contributed by atoms with Crippen LogP contribution in [0.1, 0.15) is 12.8 Å². The summed E-state index contributed by atoms with van der Waals surface area (Å²) >= 11 is 0. The minimum atomic E-state index is 0.